The molecular weight excluding hydrogens is 350 g/mol. The van der Waals surface area contributed by atoms with Crippen molar-refractivity contribution in [2.75, 3.05) is 5.32 Å². The normalized spacial score (nSPS) is 14.0. The highest BCUT2D eigenvalue weighted by molar-refractivity contribution is 6.12. The molecule has 9 nitrogen and oxygen atoms in total. The van der Waals surface area contributed by atoms with E-state index in [1.54, 1.807) is 12.1 Å². The summed E-state index contributed by atoms with van der Waals surface area (Å²) in [5.41, 5.74) is 2.32. The molecule has 0 bridgehead atoms. The quantitative estimate of drug-likeness (QED) is 0.685. The first kappa shape index (κ1) is 17.2. The lowest BCUT2D eigenvalue weighted by Crippen LogP contribution is -2.15. The summed E-state index contributed by atoms with van der Waals surface area (Å²) < 4.78 is 6.64. The van der Waals surface area contributed by atoms with E-state index in [0.717, 1.165) is 18.5 Å². The molecule has 3 heterocycles. The molecule has 2 N–H and O–H groups in total. The third kappa shape index (κ3) is 3.40. The molecule has 0 aliphatic heterocycles. The third-order valence-electron chi connectivity index (χ3n) is 4.46. The van der Waals surface area contributed by atoms with Crippen molar-refractivity contribution in [3.63, 3.8) is 0 Å². The number of carboxylic acids is 1. The lowest BCUT2D eigenvalue weighted by atomic mass is 10.0. The Hall–Kier alpha value is -3.23. The van der Waals surface area contributed by atoms with Crippen molar-refractivity contribution in [3.05, 3.63) is 35.3 Å². The molecule has 9 heteroatoms. The summed E-state index contributed by atoms with van der Waals surface area (Å²) in [6.45, 7) is 3.67. The van der Waals surface area contributed by atoms with Gasteiger partial charge in [-0.2, -0.15) is 5.10 Å². The Morgan fingerprint density at radius 3 is 2.85 bits per heavy atom. The van der Waals surface area contributed by atoms with E-state index in [1.807, 2.05) is 13.8 Å². The average Bonchev–Trinajstić information content (AvgIpc) is 3.23. The van der Waals surface area contributed by atoms with Gasteiger partial charge in [0.15, 0.2) is 5.82 Å². The number of hydrogen-bond donors (Lipinski definition) is 2. The Bertz CT molecular complexity index is 1030. The number of nitrogens with one attached hydrogen (secondary N) is 1. The fraction of sp³-hybridized carbons (Fsp3) is 0.389. The molecule has 0 atom stereocenters. The van der Waals surface area contributed by atoms with Gasteiger partial charge in [-0.15, -0.1) is 0 Å². The molecule has 0 radical (unpaired) electrons. The van der Waals surface area contributed by atoms with Crippen LogP contribution in [0, 0.1) is 0 Å². The maximum atomic E-state index is 13.0. The van der Waals surface area contributed by atoms with Gasteiger partial charge < -0.3 is 14.9 Å². The van der Waals surface area contributed by atoms with Gasteiger partial charge in [-0.3, -0.25) is 14.3 Å². The van der Waals surface area contributed by atoms with Crippen molar-refractivity contribution in [3.8, 4) is 0 Å². The molecule has 3 aromatic rings. The van der Waals surface area contributed by atoms with Crippen LogP contribution in [-0.4, -0.2) is 36.9 Å². The molecule has 1 aliphatic carbocycles. The average molecular weight is 369 g/mol. The number of aromatic nitrogens is 4. The number of carbonyl (C=O) groups is 2. The number of nitrogens with zero attached hydrogens (tertiary/aromatic N) is 4. The van der Waals surface area contributed by atoms with E-state index in [9.17, 15) is 9.59 Å². The van der Waals surface area contributed by atoms with Gasteiger partial charge in [0, 0.05) is 23.9 Å². The van der Waals surface area contributed by atoms with Crippen LogP contribution in [-0.2, 0) is 11.3 Å². The van der Waals surface area contributed by atoms with Crippen LogP contribution >= 0.6 is 0 Å². The molecular formula is C18H19N5O4. The van der Waals surface area contributed by atoms with E-state index < -0.39 is 5.97 Å². The first-order chi connectivity index (χ1) is 12.9. The standard InChI is InChI=1S/C18H19N5O4/c1-9(2)16-15-11(7-12(10-3-4-10)19-18(15)27-22-16)17(26)20-13-5-6-23(21-13)8-14(24)25/h5-7,9-10H,3-4,8H2,1-2H3,(H,24,25)(H,20,21,26). The second-order valence-corrected chi connectivity index (χ2v) is 7.02. The Labute approximate surface area is 154 Å². The summed E-state index contributed by atoms with van der Waals surface area (Å²) in [5, 5.41) is 20.3. The maximum absolute atomic E-state index is 13.0. The highest BCUT2D eigenvalue weighted by atomic mass is 16.5. The number of aliphatic carboxylic acids is 1. The largest absolute Gasteiger partial charge is 0.480 e. The highest BCUT2D eigenvalue weighted by Gasteiger charge is 2.29. The maximum Gasteiger partial charge on any atom is 0.325 e. The predicted molar refractivity (Wildman–Crippen MR) is 95.7 cm³/mol. The Kier molecular flexibility index (Phi) is 4.14. The summed E-state index contributed by atoms with van der Waals surface area (Å²) in [7, 11) is 0. The molecule has 1 saturated carbocycles. The molecule has 140 valence electrons. The summed E-state index contributed by atoms with van der Waals surface area (Å²) in [5.74, 6) is -0.659. The minimum absolute atomic E-state index is 0.0705. The minimum Gasteiger partial charge on any atom is -0.480 e. The first-order valence-corrected chi connectivity index (χ1v) is 8.79. The van der Waals surface area contributed by atoms with Crippen molar-refractivity contribution in [2.45, 2.75) is 45.1 Å². The molecule has 3 aromatic heterocycles. The van der Waals surface area contributed by atoms with Gasteiger partial charge in [0.1, 0.15) is 6.54 Å². The number of fused-ring (bicyclic) bond motifs is 1. The molecule has 27 heavy (non-hydrogen) atoms. The van der Waals surface area contributed by atoms with Gasteiger partial charge in [0.25, 0.3) is 11.6 Å². The van der Waals surface area contributed by atoms with Crippen LogP contribution in [0.5, 0.6) is 0 Å². The number of anilines is 1. The summed E-state index contributed by atoms with van der Waals surface area (Å²) in [6.07, 6.45) is 3.59. The fourth-order valence-corrected chi connectivity index (χ4v) is 2.99. The summed E-state index contributed by atoms with van der Waals surface area (Å²) in [4.78, 5) is 28.3. The van der Waals surface area contributed by atoms with Crippen LogP contribution in [0.2, 0.25) is 0 Å². The van der Waals surface area contributed by atoms with Gasteiger partial charge in [-0.05, 0) is 24.8 Å². The molecule has 1 fully saturated rings. The van der Waals surface area contributed by atoms with E-state index in [1.165, 1.54) is 10.9 Å². The number of amides is 1. The Balaban J connectivity index is 1.70. The van der Waals surface area contributed by atoms with E-state index in [-0.39, 0.29) is 24.2 Å². The van der Waals surface area contributed by atoms with E-state index >= 15 is 0 Å². The van der Waals surface area contributed by atoms with E-state index in [2.05, 4.69) is 20.6 Å². The van der Waals surface area contributed by atoms with E-state index in [4.69, 9.17) is 9.63 Å². The van der Waals surface area contributed by atoms with Crippen molar-refractivity contribution in [2.24, 2.45) is 0 Å². The Morgan fingerprint density at radius 2 is 2.19 bits per heavy atom. The number of pyridine rings is 1. The van der Waals surface area contributed by atoms with Crippen molar-refractivity contribution < 1.29 is 19.2 Å². The van der Waals surface area contributed by atoms with Crippen molar-refractivity contribution in [1.82, 2.24) is 19.9 Å². The monoisotopic (exact) mass is 369 g/mol. The molecule has 4 rings (SSSR count). The lowest BCUT2D eigenvalue weighted by Gasteiger charge is -2.08. The number of hydrogen-bond acceptors (Lipinski definition) is 6. The fourth-order valence-electron chi connectivity index (χ4n) is 2.99. The van der Waals surface area contributed by atoms with Gasteiger partial charge in [-0.1, -0.05) is 19.0 Å². The molecule has 1 amide bonds. The SMILES string of the molecule is CC(C)c1noc2nc(C3CC3)cc(C(=O)Nc3ccn(CC(=O)O)n3)c12. The predicted octanol–water partition coefficient (Wildman–Crippen LogP) is 2.76. The van der Waals surface area contributed by atoms with Gasteiger partial charge in [-0.25, -0.2) is 4.98 Å². The second-order valence-electron chi connectivity index (χ2n) is 7.02. The zero-order valence-corrected chi connectivity index (χ0v) is 15.0. The molecule has 1 aliphatic rings. The van der Waals surface area contributed by atoms with Crippen molar-refractivity contribution in [1.29, 1.82) is 0 Å². The zero-order valence-electron chi connectivity index (χ0n) is 15.0. The number of carbonyl (C=O) groups excluding carboxylic acids is 1. The summed E-state index contributed by atoms with van der Waals surface area (Å²) >= 11 is 0. The van der Waals surface area contributed by atoms with Crippen LogP contribution in [0.4, 0.5) is 5.82 Å². The van der Waals surface area contributed by atoms with E-state index in [0.29, 0.717) is 28.3 Å². The van der Waals surface area contributed by atoms with Crippen LogP contribution < -0.4 is 5.32 Å². The molecule has 0 saturated heterocycles. The highest BCUT2D eigenvalue weighted by Crippen LogP contribution is 2.41. The van der Waals surface area contributed by atoms with Crippen molar-refractivity contribution >= 4 is 28.8 Å². The smallest absolute Gasteiger partial charge is 0.325 e. The van der Waals surface area contributed by atoms with Gasteiger partial charge >= 0.3 is 5.97 Å². The molecule has 0 unspecified atom stereocenters. The Morgan fingerprint density at radius 1 is 1.41 bits per heavy atom. The minimum atomic E-state index is -1.01. The topological polar surface area (TPSA) is 123 Å². The van der Waals surface area contributed by atoms with Gasteiger partial charge in [0.2, 0.25) is 0 Å². The zero-order chi connectivity index (χ0) is 19.1. The van der Waals surface area contributed by atoms with Crippen LogP contribution in [0.1, 0.15) is 60.3 Å². The molecule has 0 spiro atoms. The van der Waals surface area contributed by atoms with Crippen LogP contribution in [0.15, 0.2) is 22.9 Å². The lowest BCUT2D eigenvalue weighted by molar-refractivity contribution is -0.137. The first-order valence-electron chi connectivity index (χ1n) is 8.79. The molecule has 0 aromatic carbocycles. The third-order valence-corrected chi connectivity index (χ3v) is 4.46. The van der Waals surface area contributed by atoms with Crippen LogP contribution in [0.3, 0.4) is 0 Å². The summed E-state index contributed by atoms with van der Waals surface area (Å²) in [6, 6.07) is 3.35. The van der Waals surface area contributed by atoms with Gasteiger partial charge in [0.05, 0.1) is 16.6 Å². The van der Waals surface area contributed by atoms with Crippen LogP contribution in [0.25, 0.3) is 11.1 Å². The number of rotatable bonds is 6. The number of carboxylic acid groups (broad SMARTS) is 1. The second kappa shape index (κ2) is 6.49.